The molecule has 2 aliphatic rings. The molecule has 3 heterocycles. The molecular weight excluding hydrogens is 576 g/mol. The molecule has 0 saturated carbocycles. The van der Waals surface area contributed by atoms with E-state index in [4.69, 9.17) is 14.2 Å². The van der Waals surface area contributed by atoms with E-state index in [1.54, 1.807) is 49.9 Å². The molecule has 44 heavy (non-hydrogen) atoms. The number of halogens is 2. The summed E-state index contributed by atoms with van der Waals surface area (Å²) >= 11 is 0. The molecule has 0 radical (unpaired) electrons. The Balaban J connectivity index is 1.61. The van der Waals surface area contributed by atoms with Crippen LogP contribution in [0.25, 0.3) is 0 Å². The van der Waals surface area contributed by atoms with Crippen LogP contribution in [0.5, 0.6) is 5.75 Å². The number of aromatic nitrogens is 1. The smallest absolute Gasteiger partial charge is 0.417 e. The molecule has 2 aliphatic heterocycles. The van der Waals surface area contributed by atoms with Gasteiger partial charge >= 0.3 is 6.09 Å². The molecule has 1 saturated heterocycles. The molecule has 1 fully saturated rings. The van der Waals surface area contributed by atoms with E-state index in [9.17, 15) is 28.0 Å². The van der Waals surface area contributed by atoms with Crippen molar-refractivity contribution in [2.45, 2.75) is 71.7 Å². The summed E-state index contributed by atoms with van der Waals surface area (Å²) in [6.45, 7) is 6.40. The van der Waals surface area contributed by atoms with Crippen molar-refractivity contribution in [2.24, 2.45) is 0 Å². The first-order valence-electron chi connectivity index (χ1n) is 14.2. The van der Waals surface area contributed by atoms with Crippen molar-refractivity contribution in [3.05, 3.63) is 99.0 Å². The Kier molecular flexibility index (Phi) is 8.55. The van der Waals surface area contributed by atoms with Gasteiger partial charge < -0.3 is 23.7 Å². The molecular formula is C32H33F2N3O7. The summed E-state index contributed by atoms with van der Waals surface area (Å²) in [5.74, 6) is -3.80. The number of hydrogen-bond donors (Lipinski definition) is 0. The quantitative estimate of drug-likeness (QED) is 0.392. The highest BCUT2D eigenvalue weighted by atomic mass is 19.1. The normalized spacial score (nSPS) is 17.9. The Morgan fingerprint density at radius 3 is 2.50 bits per heavy atom. The lowest BCUT2D eigenvalue weighted by Crippen LogP contribution is -2.57. The third-order valence-corrected chi connectivity index (χ3v) is 7.32. The molecule has 3 aromatic rings. The molecule has 0 N–H and O–H groups in total. The Hall–Kier alpha value is -4.58. The van der Waals surface area contributed by atoms with Crippen LogP contribution < -0.4 is 10.2 Å². The maximum atomic E-state index is 14.7. The van der Waals surface area contributed by atoms with Crippen molar-refractivity contribution in [1.29, 1.82) is 0 Å². The summed E-state index contributed by atoms with van der Waals surface area (Å²) in [6, 6.07) is 11.5. The van der Waals surface area contributed by atoms with Crippen LogP contribution in [0.3, 0.4) is 0 Å². The van der Waals surface area contributed by atoms with Gasteiger partial charge in [0.2, 0.25) is 5.43 Å². The fraction of sp³-hybridized carbons (Fsp3) is 0.375. The SMILES string of the molecule is C[C@@H]1CCO[C@H]2Cn3cc(C(=O)N(Cc4ccc(F)cc4F)C(=O)OC(C)(C)C)c(=O)c(OCc4ccccc4)c3C(=O)N12. The van der Waals surface area contributed by atoms with Gasteiger partial charge in [0.25, 0.3) is 11.8 Å². The molecule has 1 aromatic heterocycles. The number of ether oxygens (including phenoxy) is 3. The molecule has 5 rings (SSSR count). The van der Waals surface area contributed by atoms with Crippen LogP contribution >= 0.6 is 0 Å². The van der Waals surface area contributed by atoms with Gasteiger partial charge in [-0.15, -0.1) is 0 Å². The van der Waals surface area contributed by atoms with Crippen molar-refractivity contribution in [2.75, 3.05) is 6.61 Å². The highest BCUT2D eigenvalue weighted by Gasteiger charge is 2.42. The zero-order valence-electron chi connectivity index (χ0n) is 24.8. The van der Waals surface area contributed by atoms with Gasteiger partial charge in [-0.1, -0.05) is 36.4 Å². The monoisotopic (exact) mass is 609 g/mol. The van der Waals surface area contributed by atoms with Crippen molar-refractivity contribution in [3.8, 4) is 5.75 Å². The second-order valence-electron chi connectivity index (χ2n) is 11.8. The maximum Gasteiger partial charge on any atom is 0.417 e. The van der Waals surface area contributed by atoms with E-state index in [2.05, 4.69) is 0 Å². The van der Waals surface area contributed by atoms with Crippen LogP contribution in [0.4, 0.5) is 13.6 Å². The lowest BCUT2D eigenvalue weighted by Gasteiger charge is -2.44. The number of amides is 3. The zero-order valence-corrected chi connectivity index (χ0v) is 24.8. The predicted molar refractivity (Wildman–Crippen MR) is 154 cm³/mol. The van der Waals surface area contributed by atoms with Gasteiger partial charge in [-0.2, -0.15) is 0 Å². The third kappa shape index (κ3) is 6.35. The third-order valence-electron chi connectivity index (χ3n) is 7.32. The minimum atomic E-state index is -1.15. The van der Waals surface area contributed by atoms with E-state index >= 15 is 0 Å². The van der Waals surface area contributed by atoms with Gasteiger partial charge in [0.1, 0.15) is 29.4 Å². The average Bonchev–Trinajstić information content (AvgIpc) is 2.95. The van der Waals surface area contributed by atoms with E-state index in [-0.39, 0.29) is 36.2 Å². The topological polar surface area (TPSA) is 107 Å². The summed E-state index contributed by atoms with van der Waals surface area (Å²) in [6.07, 6.45) is -0.00658. The van der Waals surface area contributed by atoms with Crippen LogP contribution in [-0.4, -0.2) is 56.8 Å². The molecule has 0 bridgehead atoms. The minimum absolute atomic E-state index is 0.0514. The summed E-state index contributed by atoms with van der Waals surface area (Å²) in [5.41, 5.74) is -2.00. The van der Waals surface area contributed by atoms with Crippen molar-refractivity contribution in [1.82, 2.24) is 14.4 Å². The highest BCUT2D eigenvalue weighted by Crippen LogP contribution is 2.31. The summed E-state index contributed by atoms with van der Waals surface area (Å²) in [7, 11) is 0. The van der Waals surface area contributed by atoms with Gasteiger partial charge in [-0.05, 0) is 45.7 Å². The molecule has 2 atom stereocenters. The molecule has 2 aromatic carbocycles. The van der Waals surface area contributed by atoms with E-state index in [0.29, 0.717) is 29.6 Å². The Labute approximate surface area is 252 Å². The largest absolute Gasteiger partial charge is 0.483 e. The Morgan fingerprint density at radius 2 is 1.82 bits per heavy atom. The number of carbonyl (C=O) groups is 3. The van der Waals surface area contributed by atoms with Crippen LogP contribution in [0.2, 0.25) is 0 Å². The van der Waals surface area contributed by atoms with Crippen molar-refractivity contribution < 1.29 is 37.4 Å². The van der Waals surface area contributed by atoms with Crippen LogP contribution in [0.1, 0.15) is 66.1 Å². The number of nitrogens with zero attached hydrogens (tertiary/aromatic N) is 3. The summed E-state index contributed by atoms with van der Waals surface area (Å²) < 4.78 is 46.9. The number of carbonyl (C=O) groups excluding carboxylic acids is 3. The molecule has 0 spiro atoms. The first-order chi connectivity index (χ1) is 20.8. The number of imide groups is 1. The minimum Gasteiger partial charge on any atom is -0.483 e. The van der Waals surface area contributed by atoms with E-state index in [1.165, 1.54) is 10.8 Å². The lowest BCUT2D eigenvalue weighted by atomic mass is 10.1. The zero-order chi connectivity index (χ0) is 31.8. The maximum absolute atomic E-state index is 14.7. The molecule has 12 heteroatoms. The van der Waals surface area contributed by atoms with Gasteiger partial charge in [0.15, 0.2) is 17.7 Å². The molecule has 0 unspecified atom stereocenters. The van der Waals surface area contributed by atoms with Gasteiger partial charge in [-0.25, -0.2) is 18.5 Å². The molecule has 3 amide bonds. The number of fused-ring (bicyclic) bond motifs is 2. The van der Waals surface area contributed by atoms with Gasteiger partial charge in [-0.3, -0.25) is 14.4 Å². The Bertz CT molecular complexity index is 1650. The number of hydrogen-bond acceptors (Lipinski definition) is 7. The van der Waals surface area contributed by atoms with Crippen LogP contribution in [0, 0.1) is 11.6 Å². The lowest BCUT2D eigenvalue weighted by molar-refractivity contribution is -0.112. The second kappa shape index (κ2) is 12.2. The Morgan fingerprint density at radius 1 is 1.09 bits per heavy atom. The number of benzene rings is 2. The molecule has 10 nitrogen and oxygen atoms in total. The van der Waals surface area contributed by atoms with E-state index in [0.717, 1.165) is 12.1 Å². The van der Waals surface area contributed by atoms with Gasteiger partial charge in [0, 0.05) is 23.9 Å². The standard InChI is InChI=1S/C32H33F2N3O7/c1-19-12-13-42-25-17-35-16-23(27(38)28(26(35)30(40)37(19)25)43-18-20-8-6-5-7-9-20)29(39)36(31(41)44-32(2,3)4)15-21-10-11-22(33)14-24(21)34/h5-11,14,16,19,25H,12-13,15,17-18H2,1-4H3/t19-,25+/m1/s1. The van der Waals surface area contributed by atoms with Crippen molar-refractivity contribution >= 4 is 17.9 Å². The number of rotatable bonds is 6. The predicted octanol–water partition coefficient (Wildman–Crippen LogP) is 4.87. The number of pyridine rings is 1. The first-order valence-corrected chi connectivity index (χ1v) is 14.2. The second-order valence-corrected chi connectivity index (χ2v) is 11.8. The average molecular weight is 610 g/mol. The highest BCUT2D eigenvalue weighted by molar-refractivity contribution is 6.04. The molecule has 232 valence electrons. The van der Waals surface area contributed by atoms with Crippen molar-refractivity contribution in [3.63, 3.8) is 0 Å². The molecule has 0 aliphatic carbocycles. The summed E-state index contributed by atoms with van der Waals surface area (Å²) in [4.78, 5) is 57.3. The summed E-state index contributed by atoms with van der Waals surface area (Å²) in [5, 5.41) is 0. The first kappa shape index (κ1) is 30.9. The van der Waals surface area contributed by atoms with E-state index in [1.807, 2.05) is 13.0 Å². The van der Waals surface area contributed by atoms with E-state index < -0.39 is 58.9 Å². The van der Waals surface area contributed by atoms with Crippen LogP contribution in [0.15, 0.2) is 59.5 Å². The fourth-order valence-electron chi connectivity index (χ4n) is 5.16. The van der Waals surface area contributed by atoms with Gasteiger partial charge in [0.05, 0.1) is 19.7 Å². The fourth-order valence-corrected chi connectivity index (χ4v) is 5.16. The van der Waals surface area contributed by atoms with Crippen LogP contribution in [-0.2, 0) is 29.2 Å².